The van der Waals surface area contributed by atoms with Crippen molar-refractivity contribution in [2.24, 2.45) is 0 Å². The summed E-state index contributed by atoms with van der Waals surface area (Å²) in [7, 11) is 1.93. The van der Waals surface area contributed by atoms with Gasteiger partial charge in [0.05, 0.1) is 0 Å². The highest BCUT2D eigenvalue weighted by atomic mass is 16.3. The molecule has 1 heterocycles. The first-order valence-corrected chi connectivity index (χ1v) is 5.38. The molecule has 0 bridgehead atoms. The number of oxazole rings is 1. The van der Waals surface area contributed by atoms with Gasteiger partial charge in [0.1, 0.15) is 5.52 Å². The summed E-state index contributed by atoms with van der Waals surface area (Å²) in [6.45, 7) is 4.91. The zero-order chi connectivity index (χ0) is 11.5. The lowest BCUT2D eigenvalue weighted by atomic mass is 10.2. The van der Waals surface area contributed by atoms with E-state index in [1.165, 1.54) is 11.1 Å². The van der Waals surface area contributed by atoms with Crippen LogP contribution in [0.5, 0.6) is 0 Å². The van der Waals surface area contributed by atoms with Crippen LogP contribution in [-0.4, -0.2) is 12.0 Å². The second kappa shape index (κ2) is 4.49. The zero-order valence-corrected chi connectivity index (χ0v) is 9.87. The molecule has 0 atom stereocenters. The van der Waals surface area contributed by atoms with Crippen LogP contribution in [0, 0.1) is 0 Å². The van der Waals surface area contributed by atoms with Crippen LogP contribution in [0.4, 0.5) is 0 Å². The fourth-order valence-corrected chi connectivity index (χ4v) is 1.61. The molecule has 0 spiro atoms. The first-order chi connectivity index (χ1) is 7.69. The van der Waals surface area contributed by atoms with Crippen molar-refractivity contribution in [3.63, 3.8) is 0 Å². The van der Waals surface area contributed by atoms with Gasteiger partial charge in [-0.05, 0) is 44.7 Å². The fraction of sp³-hybridized carbons (Fsp3) is 0.308. The lowest BCUT2D eigenvalue weighted by Crippen LogP contribution is -2.04. The highest BCUT2D eigenvalue weighted by molar-refractivity contribution is 5.74. The van der Waals surface area contributed by atoms with E-state index in [4.69, 9.17) is 4.42 Å². The van der Waals surface area contributed by atoms with E-state index in [-0.39, 0.29) is 0 Å². The predicted molar refractivity (Wildman–Crippen MR) is 66.1 cm³/mol. The van der Waals surface area contributed by atoms with Gasteiger partial charge in [0.25, 0.3) is 0 Å². The summed E-state index contributed by atoms with van der Waals surface area (Å²) in [4.78, 5) is 4.42. The molecule has 0 radical (unpaired) electrons. The van der Waals surface area contributed by atoms with Gasteiger partial charge in [-0.1, -0.05) is 11.6 Å². The van der Waals surface area contributed by atoms with Crippen molar-refractivity contribution in [2.45, 2.75) is 20.4 Å². The van der Waals surface area contributed by atoms with Crippen molar-refractivity contribution < 1.29 is 4.42 Å². The Bertz CT molecular complexity index is 522. The smallest absolute Gasteiger partial charge is 0.219 e. The van der Waals surface area contributed by atoms with E-state index < -0.39 is 0 Å². The van der Waals surface area contributed by atoms with Crippen molar-refractivity contribution in [1.29, 1.82) is 0 Å². The van der Waals surface area contributed by atoms with Crippen LogP contribution in [0.15, 0.2) is 28.2 Å². The van der Waals surface area contributed by atoms with Crippen LogP contribution in [0.1, 0.15) is 25.3 Å². The first kappa shape index (κ1) is 10.9. The third-order valence-electron chi connectivity index (χ3n) is 2.26. The number of aromatic nitrogens is 1. The Labute approximate surface area is 95.2 Å². The minimum absolute atomic E-state index is 0.677. The van der Waals surface area contributed by atoms with E-state index >= 15 is 0 Å². The largest absolute Gasteiger partial charge is 0.437 e. The molecule has 0 saturated heterocycles. The van der Waals surface area contributed by atoms with Gasteiger partial charge < -0.3 is 9.73 Å². The molecular weight excluding hydrogens is 200 g/mol. The Morgan fingerprint density at radius 1 is 1.44 bits per heavy atom. The Balaban J connectivity index is 2.42. The van der Waals surface area contributed by atoms with E-state index in [1.54, 1.807) is 0 Å². The minimum Gasteiger partial charge on any atom is -0.437 e. The van der Waals surface area contributed by atoms with Gasteiger partial charge in [-0.2, -0.15) is 0 Å². The number of hydrogen-bond acceptors (Lipinski definition) is 3. The molecule has 0 aliphatic rings. The average molecular weight is 216 g/mol. The number of allylic oxidation sites excluding steroid dienone is 1. The monoisotopic (exact) mass is 216 g/mol. The van der Waals surface area contributed by atoms with Crippen molar-refractivity contribution in [3.05, 3.63) is 35.2 Å². The van der Waals surface area contributed by atoms with Crippen LogP contribution < -0.4 is 5.32 Å². The molecule has 3 nitrogen and oxygen atoms in total. The lowest BCUT2D eigenvalue weighted by molar-refractivity contribution is 0.588. The maximum atomic E-state index is 5.60. The molecule has 0 saturated carbocycles. The summed E-state index contributed by atoms with van der Waals surface area (Å²) >= 11 is 0. The molecule has 0 aliphatic heterocycles. The number of benzene rings is 1. The van der Waals surface area contributed by atoms with Gasteiger partial charge in [-0.3, -0.25) is 0 Å². The number of fused-ring (bicyclic) bond motifs is 1. The topological polar surface area (TPSA) is 38.1 Å². The normalized spacial score (nSPS) is 10.7. The van der Waals surface area contributed by atoms with Crippen LogP contribution in [0.25, 0.3) is 17.2 Å². The molecule has 2 rings (SSSR count). The van der Waals surface area contributed by atoms with Crippen molar-refractivity contribution in [2.75, 3.05) is 7.05 Å². The van der Waals surface area contributed by atoms with Gasteiger partial charge >= 0.3 is 0 Å². The van der Waals surface area contributed by atoms with Gasteiger partial charge in [0, 0.05) is 6.54 Å². The van der Waals surface area contributed by atoms with Crippen LogP contribution in [-0.2, 0) is 6.54 Å². The third kappa shape index (κ3) is 2.31. The summed E-state index contributed by atoms with van der Waals surface area (Å²) in [5, 5.41) is 3.12. The van der Waals surface area contributed by atoms with Crippen molar-refractivity contribution in [1.82, 2.24) is 10.3 Å². The van der Waals surface area contributed by atoms with E-state index in [0.717, 1.165) is 17.6 Å². The summed E-state index contributed by atoms with van der Waals surface area (Å²) in [5.41, 5.74) is 4.15. The SMILES string of the molecule is CNCc1ccc2oc(C=C(C)C)nc2c1. The standard InChI is InChI=1S/C13H16N2O/c1-9(2)6-13-15-11-7-10(8-14-3)4-5-12(11)16-13/h4-7,14H,8H2,1-3H3. The molecular formula is C13H16N2O. The minimum atomic E-state index is 0.677. The van der Waals surface area contributed by atoms with Crippen molar-refractivity contribution in [3.8, 4) is 0 Å². The van der Waals surface area contributed by atoms with E-state index in [1.807, 2.05) is 33.0 Å². The predicted octanol–water partition coefficient (Wildman–Crippen LogP) is 2.97. The summed E-state index contributed by atoms with van der Waals surface area (Å²) < 4.78 is 5.60. The highest BCUT2D eigenvalue weighted by Gasteiger charge is 2.04. The van der Waals surface area contributed by atoms with Crippen LogP contribution >= 0.6 is 0 Å². The number of nitrogens with one attached hydrogen (secondary N) is 1. The molecule has 0 fully saturated rings. The molecule has 1 aromatic carbocycles. The Kier molecular flexibility index (Phi) is 3.06. The molecule has 2 aromatic rings. The Morgan fingerprint density at radius 2 is 2.25 bits per heavy atom. The highest BCUT2D eigenvalue weighted by Crippen LogP contribution is 2.18. The van der Waals surface area contributed by atoms with Crippen molar-refractivity contribution >= 4 is 17.2 Å². The van der Waals surface area contributed by atoms with Gasteiger partial charge in [0.2, 0.25) is 5.89 Å². The number of rotatable bonds is 3. The molecule has 16 heavy (non-hydrogen) atoms. The second-order valence-corrected chi connectivity index (χ2v) is 4.11. The molecule has 0 aliphatic carbocycles. The van der Waals surface area contributed by atoms with Crippen LogP contribution in [0.3, 0.4) is 0 Å². The molecule has 1 aromatic heterocycles. The van der Waals surface area contributed by atoms with Gasteiger partial charge in [-0.15, -0.1) is 0 Å². The summed E-state index contributed by atoms with van der Waals surface area (Å²) in [6, 6.07) is 6.07. The van der Waals surface area contributed by atoms with E-state index in [0.29, 0.717) is 5.89 Å². The fourth-order valence-electron chi connectivity index (χ4n) is 1.61. The summed E-state index contributed by atoms with van der Waals surface area (Å²) in [6.07, 6.45) is 1.94. The molecule has 0 unspecified atom stereocenters. The maximum Gasteiger partial charge on any atom is 0.219 e. The Hall–Kier alpha value is -1.61. The second-order valence-electron chi connectivity index (χ2n) is 4.11. The Morgan fingerprint density at radius 3 is 2.94 bits per heavy atom. The quantitative estimate of drug-likeness (QED) is 0.857. The molecule has 84 valence electrons. The van der Waals surface area contributed by atoms with Crippen LogP contribution in [0.2, 0.25) is 0 Å². The molecule has 1 N–H and O–H groups in total. The zero-order valence-electron chi connectivity index (χ0n) is 9.87. The van der Waals surface area contributed by atoms with E-state index in [2.05, 4.69) is 22.4 Å². The number of hydrogen-bond donors (Lipinski definition) is 1. The van der Waals surface area contributed by atoms with Gasteiger partial charge in [0.15, 0.2) is 5.58 Å². The summed E-state index contributed by atoms with van der Waals surface area (Å²) in [5.74, 6) is 0.677. The van der Waals surface area contributed by atoms with Gasteiger partial charge in [-0.25, -0.2) is 4.98 Å². The lowest BCUT2D eigenvalue weighted by Gasteiger charge is -1.97. The number of nitrogens with zero attached hydrogens (tertiary/aromatic N) is 1. The molecule has 0 amide bonds. The van der Waals surface area contributed by atoms with E-state index in [9.17, 15) is 0 Å². The third-order valence-corrected chi connectivity index (χ3v) is 2.26. The first-order valence-electron chi connectivity index (χ1n) is 5.38. The maximum absolute atomic E-state index is 5.60. The average Bonchev–Trinajstić information content (AvgIpc) is 2.58. The molecule has 3 heteroatoms.